The van der Waals surface area contributed by atoms with Gasteiger partial charge in [-0.25, -0.2) is 0 Å². The second-order valence-electron chi connectivity index (χ2n) is 4.16. The summed E-state index contributed by atoms with van der Waals surface area (Å²) < 4.78 is 6.65. The number of furan rings is 1. The van der Waals surface area contributed by atoms with Crippen LogP contribution in [0.25, 0.3) is 0 Å². The van der Waals surface area contributed by atoms with E-state index in [0.717, 1.165) is 8.95 Å². The van der Waals surface area contributed by atoms with E-state index in [0.29, 0.717) is 5.69 Å². The molecule has 0 aliphatic heterocycles. The number of carbonyl (C=O) groups excluding carboxylic acids is 2. The topological polar surface area (TPSA) is 71.3 Å². The van der Waals surface area contributed by atoms with Gasteiger partial charge in [0.1, 0.15) is 0 Å². The third-order valence-corrected chi connectivity index (χ3v) is 3.74. The number of benzene rings is 1. The van der Waals surface area contributed by atoms with E-state index in [1.807, 2.05) is 12.1 Å². The zero-order chi connectivity index (χ0) is 15.2. The number of hydrogen-bond acceptors (Lipinski definition) is 3. The number of halogens is 2. The Kier molecular flexibility index (Phi) is 5.58. The number of amides is 2. The maximum atomic E-state index is 11.8. The number of anilines is 1. The summed E-state index contributed by atoms with van der Waals surface area (Å²) in [6.45, 7) is 0.236. The summed E-state index contributed by atoms with van der Waals surface area (Å²) in [6, 6.07) is 8.65. The predicted molar refractivity (Wildman–Crippen MR) is 86.1 cm³/mol. The first-order valence-electron chi connectivity index (χ1n) is 6.13. The van der Waals surface area contributed by atoms with Gasteiger partial charge in [-0.3, -0.25) is 9.59 Å². The highest BCUT2D eigenvalue weighted by molar-refractivity contribution is 9.11. The van der Waals surface area contributed by atoms with Crippen molar-refractivity contribution in [2.24, 2.45) is 0 Å². The highest BCUT2D eigenvalue weighted by Crippen LogP contribution is 2.26. The van der Waals surface area contributed by atoms with Crippen LogP contribution in [-0.2, 0) is 4.79 Å². The van der Waals surface area contributed by atoms with E-state index >= 15 is 0 Å². The molecule has 0 aliphatic carbocycles. The molecule has 0 atom stereocenters. The summed E-state index contributed by atoms with van der Waals surface area (Å²) in [5, 5.41) is 5.38. The molecule has 0 unspecified atom stereocenters. The van der Waals surface area contributed by atoms with Crippen LogP contribution in [0.2, 0.25) is 0 Å². The molecule has 0 saturated carbocycles. The summed E-state index contributed by atoms with van der Waals surface area (Å²) >= 11 is 6.71. The van der Waals surface area contributed by atoms with Gasteiger partial charge < -0.3 is 15.1 Å². The Labute approximate surface area is 138 Å². The van der Waals surface area contributed by atoms with Gasteiger partial charge in [-0.2, -0.15) is 0 Å². The van der Waals surface area contributed by atoms with E-state index < -0.39 is 0 Å². The quantitative estimate of drug-likeness (QED) is 0.784. The van der Waals surface area contributed by atoms with Crippen LogP contribution in [0.4, 0.5) is 5.69 Å². The van der Waals surface area contributed by atoms with Crippen molar-refractivity contribution in [2.45, 2.75) is 6.42 Å². The van der Waals surface area contributed by atoms with Crippen molar-refractivity contribution >= 4 is 49.4 Å². The highest BCUT2D eigenvalue weighted by atomic mass is 79.9. The molecular weight excluding hydrogens is 404 g/mol. The molecule has 0 spiro atoms. The van der Waals surface area contributed by atoms with Crippen LogP contribution in [-0.4, -0.2) is 18.4 Å². The SMILES string of the molecule is O=C(CCNC(=O)c1ccco1)Nc1ccc(Br)cc1Br. The molecule has 2 aromatic rings. The summed E-state index contributed by atoms with van der Waals surface area (Å²) in [6.07, 6.45) is 1.60. The van der Waals surface area contributed by atoms with Crippen LogP contribution in [0.3, 0.4) is 0 Å². The zero-order valence-corrected chi connectivity index (χ0v) is 14.0. The fraction of sp³-hybridized carbons (Fsp3) is 0.143. The molecule has 0 saturated heterocycles. The van der Waals surface area contributed by atoms with Crippen LogP contribution in [0.5, 0.6) is 0 Å². The van der Waals surface area contributed by atoms with Gasteiger partial charge >= 0.3 is 0 Å². The molecule has 0 aliphatic rings. The van der Waals surface area contributed by atoms with Crippen molar-refractivity contribution in [3.05, 3.63) is 51.3 Å². The van der Waals surface area contributed by atoms with Crippen LogP contribution in [0, 0.1) is 0 Å². The third kappa shape index (κ3) is 4.71. The average Bonchev–Trinajstić information content (AvgIpc) is 2.96. The smallest absolute Gasteiger partial charge is 0.286 e. The van der Waals surface area contributed by atoms with Crippen molar-refractivity contribution in [1.82, 2.24) is 5.32 Å². The Balaban J connectivity index is 1.78. The van der Waals surface area contributed by atoms with Gasteiger partial charge in [-0.1, -0.05) is 15.9 Å². The summed E-state index contributed by atoms with van der Waals surface area (Å²) in [5.41, 5.74) is 0.681. The van der Waals surface area contributed by atoms with E-state index in [9.17, 15) is 9.59 Å². The van der Waals surface area contributed by atoms with Gasteiger partial charge in [-0.05, 0) is 46.3 Å². The Hall–Kier alpha value is -1.60. The molecule has 1 heterocycles. The van der Waals surface area contributed by atoms with Gasteiger partial charge in [0.25, 0.3) is 5.91 Å². The molecule has 0 bridgehead atoms. The third-order valence-electron chi connectivity index (χ3n) is 2.59. The molecule has 1 aromatic heterocycles. The maximum absolute atomic E-state index is 11.8. The van der Waals surface area contributed by atoms with Gasteiger partial charge in [0.2, 0.25) is 5.91 Å². The minimum absolute atomic E-state index is 0.176. The lowest BCUT2D eigenvalue weighted by Gasteiger charge is -2.08. The van der Waals surface area contributed by atoms with Crippen LogP contribution < -0.4 is 10.6 Å². The van der Waals surface area contributed by atoms with E-state index in [1.165, 1.54) is 6.26 Å². The number of nitrogens with one attached hydrogen (secondary N) is 2. The second-order valence-corrected chi connectivity index (χ2v) is 5.93. The zero-order valence-electron chi connectivity index (χ0n) is 10.9. The first kappa shape index (κ1) is 15.8. The molecule has 7 heteroatoms. The number of carbonyl (C=O) groups is 2. The molecule has 2 amide bonds. The number of rotatable bonds is 5. The van der Waals surface area contributed by atoms with E-state index in [4.69, 9.17) is 4.42 Å². The van der Waals surface area contributed by atoms with Crippen molar-refractivity contribution < 1.29 is 14.0 Å². The molecule has 1 aromatic carbocycles. The predicted octanol–water partition coefficient (Wildman–Crippen LogP) is 3.56. The van der Waals surface area contributed by atoms with Crippen LogP contribution in [0.15, 0.2) is 50.0 Å². The molecule has 5 nitrogen and oxygen atoms in total. The Bertz CT molecular complexity index is 642. The monoisotopic (exact) mass is 414 g/mol. The summed E-state index contributed by atoms with van der Waals surface area (Å²) in [4.78, 5) is 23.4. The van der Waals surface area contributed by atoms with Gasteiger partial charge in [0.15, 0.2) is 5.76 Å². The van der Waals surface area contributed by atoms with Gasteiger partial charge in [-0.15, -0.1) is 0 Å². The van der Waals surface area contributed by atoms with Gasteiger partial charge in [0.05, 0.1) is 12.0 Å². The maximum Gasteiger partial charge on any atom is 0.286 e. The van der Waals surface area contributed by atoms with Crippen molar-refractivity contribution in [3.8, 4) is 0 Å². The lowest BCUT2D eigenvalue weighted by atomic mass is 10.3. The first-order valence-corrected chi connectivity index (χ1v) is 7.71. The van der Waals surface area contributed by atoms with Crippen molar-refractivity contribution in [2.75, 3.05) is 11.9 Å². The van der Waals surface area contributed by atoms with Crippen LogP contribution >= 0.6 is 31.9 Å². The molecule has 0 fully saturated rings. The molecule has 21 heavy (non-hydrogen) atoms. The standard InChI is InChI=1S/C14H12Br2N2O3/c15-9-3-4-11(10(16)8-9)18-13(19)5-6-17-14(20)12-2-1-7-21-12/h1-4,7-8H,5-6H2,(H,17,20)(H,18,19). The minimum atomic E-state index is -0.336. The first-order chi connectivity index (χ1) is 10.1. The fourth-order valence-corrected chi connectivity index (χ4v) is 2.73. The lowest BCUT2D eigenvalue weighted by molar-refractivity contribution is -0.116. The van der Waals surface area contributed by atoms with Crippen molar-refractivity contribution in [3.63, 3.8) is 0 Å². The van der Waals surface area contributed by atoms with E-state index in [2.05, 4.69) is 42.5 Å². The normalized spacial score (nSPS) is 10.2. The Morgan fingerprint density at radius 3 is 2.67 bits per heavy atom. The molecule has 2 N–H and O–H groups in total. The highest BCUT2D eigenvalue weighted by Gasteiger charge is 2.09. The minimum Gasteiger partial charge on any atom is -0.459 e. The van der Waals surface area contributed by atoms with Gasteiger partial charge in [0, 0.05) is 21.9 Å². The Morgan fingerprint density at radius 1 is 1.19 bits per heavy atom. The van der Waals surface area contributed by atoms with Crippen molar-refractivity contribution in [1.29, 1.82) is 0 Å². The largest absolute Gasteiger partial charge is 0.459 e. The molecule has 0 radical (unpaired) electrons. The van der Waals surface area contributed by atoms with Crippen LogP contribution in [0.1, 0.15) is 17.0 Å². The summed E-state index contributed by atoms with van der Waals surface area (Å²) in [5.74, 6) is -0.290. The molecule has 2 rings (SSSR count). The second kappa shape index (κ2) is 7.42. The molecule has 110 valence electrons. The molecular formula is C14H12Br2N2O3. The van der Waals surface area contributed by atoms with E-state index in [-0.39, 0.29) is 30.5 Å². The fourth-order valence-electron chi connectivity index (χ4n) is 1.59. The Morgan fingerprint density at radius 2 is 2.00 bits per heavy atom. The lowest BCUT2D eigenvalue weighted by Crippen LogP contribution is -2.27. The average molecular weight is 416 g/mol. The summed E-state index contributed by atoms with van der Waals surface area (Å²) in [7, 11) is 0. The van der Waals surface area contributed by atoms with E-state index in [1.54, 1.807) is 18.2 Å². The number of hydrogen-bond donors (Lipinski definition) is 2.